The molecule has 1 aliphatic heterocycles. The van der Waals surface area contributed by atoms with Gasteiger partial charge in [-0.2, -0.15) is 10.4 Å². The fourth-order valence-electron chi connectivity index (χ4n) is 1.28. The van der Waals surface area contributed by atoms with Crippen LogP contribution in [0, 0.1) is 0 Å². The zero-order valence-corrected chi connectivity index (χ0v) is 6.78. The molecule has 0 radical (unpaired) electrons. The van der Waals surface area contributed by atoms with Gasteiger partial charge in [-0.25, -0.2) is 4.98 Å². The number of hydrogen-bond donors (Lipinski definition) is 2. The third-order valence-corrected chi connectivity index (χ3v) is 1.87. The van der Waals surface area contributed by atoms with E-state index in [4.69, 9.17) is 5.73 Å². The molecule has 0 spiro atoms. The van der Waals surface area contributed by atoms with Crippen molar-refractivity contribution in [3.63, 3.8) is 0 Å². The first-order valence-corrected chi connectivity index (χ1v) is 3.83. The highest BCUT2D eigenvalue weighted by Gasteiger charge is 2.23. The van der Waals surface area contributed by atoms with Crippen LogP contribution in [-0.2, 0) is 0 Å². The monoisotopic (exact) mass is 164 g/mol. The minimum atomic E-state index is 0.523. The molecule has 1 aromatic heterocycles. The number of hydrogen-bond acceptors (Lipinski definition) is 4. The van der Waals surface area contributed by atoms with Gasteiger partial charge in [-0.3, -0.25) is 0 Å². The van der Waals surface area contributed by atoms with Crippen LogP contribution in [0.25, 0.3) is 0 Å². The number of nitrogens with zero attached hydrogens (tertiary/aromatic N) is 3. The van der Waals surface area contributed by atoms with Gasteiger partial charge in [-0.05, 0) is 6.42 Å². The summed E-state index contributed by atoms with van der Waals surface area (Å²) in [5, 5.41) is 4.19. The van der Waals surface area contributed by atoms with Crippen LogP contribution in [0.5, 0.6) is 0 Å². The Bertz CT molecular complexity index is 344. The molecule has 0 bridgehead atoms. The van der Waals surface area contributed by atoms with E-state index >= 15 is 0 Å². The molecule has 0 aromatic carbocycles. The average Bonchev–Trinajstić information content (AvgIpc) is 2.49. The molecule has 0 atom stereocenters. The van der Waals surface area contributed by atoms with Crippen molar-refractivity contribution in [1.29, 1.82) is 0 Å². The van der Waals surface area contributed by atoms with E-state index in [2.05, 4.69) is 15.1 Å². The Kier molecular flexibility index (Phi) is 1.51. The van der Waals surface area contributed by atoms with Crippen LogP contribution in [-0.4, -0.2) is 15.7 Å². The van der Waals surface area contributed by atoms with Gasteiger partial charge in [0, 0.05) is 0 Å². The second kappa shape index (κ2) is 2.53. The van der Waals surface area contributed by atoms with Crippen LogP contribution in [0.4, 0.5) is 11.6 Å². The van der Waals surface area contributed by atoms with Crippen molar-refractivity contribution in [2.24, 2.45) is 5.10 Å². The lowest BCUT2D eigenvalue weighted by molar-refractivity contribution is -0.577. The molecule has 0 unspecified atom stereocenters. The summed E-state index contributed by atoms with van der Waals surface area (Å²) >= 11 is 0. The van der Waals surface area contributed by atoms with Gasteiger partial charge in [-0.15, -0.1) is 0 Å². The fourth-order valence-corrected chi connectivity index (χ4v) is 1.28. The molecule has 2 rings (SSSR count). The van der Waals surface area contributed by atoms with Crippen LogP contribution in [0.1, 0.15) is 18.9 Å². The van der Waals surface area contributed by atoms with E-state index in [1.807, 2.05) is 6.92 Å². The zero-order valence-electron chi connectivity index (χ0n) is 6.78. The number of fused-ring (bicyclic) bond motifs is 1. The maximum Gasteiger partial charge on any atom is 0.265 e. The Morgan fingerprint density at radius 1 is 1.50 bits per heavy atom. The summed E-state index contributed by atoms with van der Waals surface area (Å²) < 4.78 is 0. The second-order valence-electron chi connectivity index (χ2n) is 2.58. The molecule has 1 aromatic rings. The van der Waals surface area contributed by atoms with E-state index in [-0.39, 0.29) is 0 Å². The first-order valence-electron chi connectivity index (χ1n) is 3.83. The Morgan fingerprint density at radius 2 is 2.33 bits per heavy atom. The Labute approximate surface area is 69.7 Å². The van der Waals surface area contributed by atoms with Crippen LogP contribution in [0.2, 0.25) is 0 Å². The molecule has 0 fully saturated rings. The van der Waals surface area contributed by atoms with Gasteiger partial charge in [0.1, 0.15) is 23.4 Å². The molecular weight excluding hydrogens is 154 g/mol. The molecule has 5 heteroatoms. The predicted molar refractivity (Wildman–Crippen MR) is 44.9 cm³/mol. The number of nitrogens with two attached hydrogens (primary N) is 2. The molecule has 0 saturated heterocycles. The highest BCUT2D eigenvalue weighted by atomic mass is 15.3. The average molecular weight is 164 g/mol. The van der Waals surface area contributed by atoms with E-state index in [1.54, 1.807) is 5.43 Å². The number of rotatable bonds is 1. The van der Waals surface area contributed by atoms with Crippen LogP contribution in [0.15, 0.2) is 11.4 Å². The van der Waals surface area contributed by atoms with Crippen molar-refractivity contribution in [1.82, 2.24) is 9.97 Å². The van der Waals surface area contributed by atoms with Crippen molar-refractivity contribution >= 4 is 17.3 Å². The third-order valence-electron chi connectivity index (χ3n) is 1.87. The van der Waals surface area contributed by atoms with Crippen molar-refractivity contribution in [3.8, 4) is 0 Å². The predicted octanol–water partition coefficient (Wildman–Crippen LogP) is -0.619. The molecule has 0 amide bonds. The summed E-state index contributed by atoms with van der Waals surface area (Å²) in [4.78, 5) is 7.97. The molecule has 5 nitrogen and oxygen atoms in total. The summed E-state index contributed by atoms with van der Waals surface area (Å²) in [5.74, 6) is 1.36. The molecule has 4 N–H and O–H groups in total. The molecule has 1 aliphatic rings. The highest BCUT2D eigenvalue weighted by Crippen LogP contribution is 2.18. The van der Waals surface area contributed by atoms with E-state index in [0.29, 0.717) is 5.82 Å². The summed E-state index contributed by atoms with van der Waals surface area (Å²) in [5.41, 5.74) is 9.29. The molecule has 12 heavy (non-hydrogen) atoms. The second-order valence-corrected chi connectivity index (χ2v) is 2.58. The smallest absolute Gasteiger partial charge is 0.265 e. The van der Waals surface area contributed by atoms with Gasteiger partial charge in [0.05, 0.1) is 0 Å². The Morgan fingerprint density at radius 3 is 3.08 bits per heavy atom. The quantitative estimate of drug-likeness (QED) is 0.543. The summed E-state index contributed by atoms with van der Waals surface area (Å²) in [6, 6.07) is 0. The van der Waals surface area contributed by atoms with Gasteiger partial charge in [0.2, 0.25) is 0 Å². The Balaban J connectivity index is 2.57. The van der Waals surface area contributed by atoms with E-state index < -0.39 is 0 Å². The maximum absolute atomic E-state index is 5.69. The minimum absolute atomic E-state index is 0.523. The summed E-state index contributed by atoms with van der Waals surface area (Å²) in [7, 11) is 0. The maximum atomic E-state index is 5.69. The lowest BCUT2D eigenvalue weighted by Gasteiger charge is -1.97. The number of quaternary nitrogens is 1. The van der Waals surface area contributed by atoms with Crippen molar-refractivity contribution < 1.29 is 5.43 Å². The van der Waals surface area contributed by atoms with Gasteiger partial charge in [0.25, 0.3) is 5.82 Å². The lowest BCUT2D eigenvalue weighted by Crippen LogP contribution is -2.70. The molecule has 0 saturated carbocycles. The Hall–Kier alpha value is -1.49. The lowest BCUT2D eigenvalue weighted by atomic mass is 10.1. The zero-order chi connectivity index (χ0) is 8.55. The van der Waals surface area contributed by atoms with Crippen molar-refractivity contribution in [2.75, 3.05) is 5.73 Å². The number of aromatic nitrogens is 2. The summed E-state index contributed by atoms with van der Waals surface area (Å²) in [6.45, 7) is 2.04. The largest absolute Gasteiger partial charge is 0.383 e. The highest BCUT2D eigenvalue weighted by molar-refractivity contribution is 6.07. The standard InChI is InChI=1S/C7H9N5/c1-2-4-5-6(8)9-3-10-7(5)12-11-4/h3H,2H2,1H3,(H3,8,9,10,11,12)/p+1. The molecule has 2 heterocycles. The summed E-state index contributed by atoms with van der Waals surface area (Å²) in [6.07, 6.45) is 2.32. The van der Waals surface area contributed by atoms with Crippen molar-refractivity contribution in [3.05, 3.63) is 11.9 Å². The van der Waals surface area contributed by atoms with Crippen molar-refractivity contribution in [2.45, 2.75) is 13.3 Å². The third kappa shape index (κ3) is 0.868. The van der Waals surface area contributed by atoms with E-state index in [1.165, 1.54) is 6.33 Å². The van der Waals surface area contributed by atoms with E-state index in [0.717, 1.165) is 23.5 Å². The van der Waals surface area contributed by atoms with Crippen LogP contribution in [0.3, 0.4) is 0 Å². The first kappa shape index (κ1) is 7.17. The van der Waals surface area contributed by atoms with Crippen LogP contribution >= 0.6 is 0 Å². The molecule has 0 aliphatic carbocycles. The number of nitrogen functional groups attached to an aromatic ring is 1. The normalized spacial score (nSPS) is 14.2. The van der Waals surface area contributed by atoms with Gasteiger partial charge >= 0.3 is 0 Å². The molecular formula is C7H10N5+. The van der Waals surface area contributed by atoms with Gasteiger partial charge < -0.3 is 5.73 Å². The SMILES string of the molecule is CCC1=N[NH2+]c2ncnc(N)c21. The molecule has 62 valence electrons. The van der Waals surface area contributed by atoms with Crippen LogP contribution < -0.4 is 11.2 Å². The van der Waals surface area contributed by atoms with E-state index in [9.17, 15) is 0 Å². The topological polar surface area (TPSA) is 80.8 Å². The van der Waals surface area contributed by atoms with Gasteiger partial charge in [-0.1, -0.05) is 12.0 Å². The fraction of sp³-hybridized carbons (Fsp3) is 0.286. The minimum Gasteiger partial charge on any atom is -0.383 e. The number of anilines is 1. The first-order chi connectivity index (χ1) is 5.83. The van der Waals surface area contributed by atoms with Gasteiger partial charge in [0.15, 0.2) is 0 Å².